The Balaban J connectivity index is 1.43. The second-order valence-electron chi connectivity index (χ2n) is 10.9. The van der Waals surface area contributed by atoms with Crippen molar-refractivity contribution < 1.29 is 13.4 Å². The zero-order valence-electron chi connectivity index (χ0n) is 22.7. The Hall–Kier alpha value is -3.89. The molecule has 0 aliphatic heterocycles. The van der Waals surface area contributed by atoms with E-state index < -0.39 is 15.1 Å². The number of carbonyl (C=O) groups excluding carboxylic acids is 1. The van der Waals surface area contributed by atoms with E-state index in [1.165, 1.54) is 12.1 Å². The van der Waals surface area contributed by atoms with Gasteiger partial charge in [0.25, 0.3) is 0 Å². The Labute approximate surface area is 233 Å². The van der Waals surface area contributed by atoms with Crippen LogP contribution in [0.3, 0.4) is 0 Å². The second-order valence-corrected chi connectivity index (χ2v) is 13.2. The van der Waals surface area contributed by atoms with Crippen LogP contribution < -0.4 is 0 Å². The minimum absolute atomic E-state index is 0.0438. The molecule has 1 saturated carbocycles. The molecule has 0 amide bonds. The minimum atomic E-state index is -2.82. The molecule has 3 heterocycles. The molecule has 206 valence electrons. The van der Waals surface area contributed by atoms with Gasteiger partial charge < -0.3 is 0 Å². The van der Waals surface area contributed by atoms with Gasteiger partial charge >= 0.3 is 0 Å². The van der Waals surface area contributed by atoms with E-state index >= 15 is 0 Å². The van der Waals surface area contributed by atoms with Crippen molar-refractivity contribution in [1.29, 1.82) is 0 Å². The summed E-state index contributed by atoms with van der Waals surface area (Å²) in [6.07, 6.45) is 11.1. The Morgan fingerprint density at radius 3 is 2.67 bits per heavy atom. The SMILES string of the molecule is C=S(=O)(c1cnn(C)c1)N(C)[C@H]1CCC2=Cc3c(cnn3-c3ccc(F)cc3)C[C@]2(C(=O)c2cc(C)ccn2)C1. The predicted octanol–water partition coefficient (Wildman–Crippen LogP) is 4.43. The highest BCUT2D eigenvalue weighted by Crippen LogP contribution is 2.51. The average Bonchev–Trinajstić information content (AvgIpc) is 3.57. The topological polar surface area (TPSA) is 85.9 Å². The number of nitrogens with zero attached hydrogens (tertiary/aromatic N) is 6. The zero-order valence-corrected chi connectivity index (χ0v) is 23.6. The molecule has 3 atom stereocenters. The molecule has 2 aliphatic carbocycles. The number of Topliss-reactive ketones (excluding diaryl/α,β-unsaturated/α-hetero) is 1. The van der Waals surface area contributed by atoms with Crippen LogP contribution in [0, 0.1) is 18.2 Å². The molecule has 1 aromatic carbocycles. The summed E-state index contributed by atoms with van der Waals surface area (Å²) in [6, 6.07) is 9.76. The molecule has 10 heteroatoms. The molecule has 6 rings (SSSR count). The van der Waals surface area contributed by atoms with Crippen LogP contribution in [0.2, 0.25) is 0 Å². The maximum Gasteiger partial charge on any atom is 0.191 e. The lowest BCUT2D eigenvalue weighted by Gasteiger charge is -2.46. The first-order valence-corrected chi connectivity index (χ1v) is 14.9. The summed E-state index contributed by atoms with van der Waals surface area (Å²) in [7, 11) is 0.789. The number of fused-ring (bicyclic) bond motifs is 2. The Morgan fingerprint density at radius 1 is 1.20 bits per heavy atom. The van der Waals surface area contributed by atoms with E-state index in [9.17, 15) is 13.4 Å². The second kappa shape index (κ2) is 9.64. The fourth-order valence-electron chi connectivity index (χ4n) is 6.06. The molecule has 0 bridgehead atoms. The van der Waals surface area contributed by atoms with Gasteiger partial charge in [-0.25, -0.2) is 17.6 Å². The number of ketones is 1. The summed E-state index contributed by atoms with van der Waals surface area (Å²) in [5, 5.41) is 8.81. The number of aryl methyl sites for hydroxylation is 2. The summed E-state index contributed by atoms with van der Waals surface area (Å²) < 4.78 is 32.8. The van der Waals surface area contributed by atoms with E-state index in [1.54, 1.807) is 53.3 Å². The van der Waals surface area contributed by atoms with Crippen LogP contribution in [0.15, 0.2) is 71.7 Å². The van der Waals surface area contributed by atoms with Crippen LogP contribution in [-0.4, -0.2) is 57.8 Å². The molecular weight excluding hydrogens is 527 g/mol. The van der Waals surface area contributed by atoms with Crippen molar-refractivity contribution >= 4 is 27.4 Å². The molecule has 3 aromatic heterocycles. The zero-order chi connectivity index (χ0) is 28.2. The van der Waals surface area contributed by atoms with Crippen LogP contribution in [0.1, 0.15) is 46.6 Å². The molecule has 1 unspecified atom stereocenters. The van der Waals surface area contributed by atoms with Crippen LogP contribution in [0.25, 0.3) is 11.8 Å². The lowest BCUT2D eigenvalue weighted by Crippen LogP contribution is -2.49. The third-order valence-corrected chi connectivity index (χ3v) is 10.5. The third kappa shape index (κ3) is 4.31. The molecule has 2 aliphatic rings. The summed E-state index contributed by atoms with van der Waals surface area (Å²) in [5.74, 6) is 3.74. The number of rotatable bonds is 6. The molecule has 4 aromatic rings. The first-order valence-electron chi connectivity index (χ1n) is 13.2. The molecule has 8 nitrogen and oxygen atoms in total. The first kappa shape index (κ1) is 26.3. The number of pyridine rings is 1. The number of aromatic nitrogens is 5. The van der Waals surface area contributed by atoms with Crippen molar-refractivity contribution in [2.24, 2.45) is 12.5 Å². The van der Waals surface area contributed by atoms with Crippen molar-refractivity contribution in [3.63, 3.8) is 0 Å². The summed E-state index contributed by atoms with van der Waals surface area (Å²) in [5.41, 5.74) is 4.10. The maximum atomic E-state index is 14.4. The van der Waals surface area contributed by atoms with Crippen molar-refractivity contribution in [3.05, 3.63) is 95.1 Å². The highest BCUT2D eigenvalue weighted by Gasteiger charge is 2.50. The van der Waals surface area contributed by atoms with Crippen LogP contribution >= 0.6 is 0 Å². The first-order chi connectivity index (χ1) is 19.1. The lowest BCUT2D eigenvalue weighted by atomic mass is 9.60. The van der Waals surface area contributed by atoms with E-state index in [2.05, 4.69) is 27.1 Å². The van der Waals surface area contributed by atoms with Gasteiger partial charge in [-0.1, -0.05) is 5.57 Å². The summed E-state index contributed by atoms with van der Waals surface area (Å²) >= 11 is 0. The van der Waals surface area contributed by atoms with E-state index in [0.717, 1.165) is 28.1 Å². The monoisotopic (exact) mass is 558 g/mol. The highest BCUT2D eigenvalue weighted by atomic mass is 32.2. The van der Waals surface area contributed by atoms with Gasteiger partial charge in [0.15, 0.2) is 5.78 Å². The fraction of sp³-hybridized carbons (Fsp3) is 0.300. The number of benzene rings is 1. The largest absolute Gasteiger partial charge is 0.291 e. The van der Waals surface area contributed by atoms with Gasteiger partial charge in [0, 0.05) is 25.5 Å². The predicted molar refractivity (Wildman–Crippen MR) is 153 cm³/mol. The summed E-state index contributed by atoms with van der Waals surface area (Å²) in [6.45, 7) is 1.95. The Bertz CT molecular complexity index is 1750. The van der Waals surface area contributed by atoms with Crippen molar-refractivity contribution in [1.82, 2.24) is 28.9 Å². The molecule has 0 spiro atoms. The normalized spacial score (nSPS) is 21.8. The van der Waals surface area contributed by atoms with E-state index in [4.69, 9.17) is 0 Å². The molecule has 0 saturated heterocycles. The standard InChI is InChI=1S/C30H31FN6O2S/c1-20-11-12-32-27(13-20)29(38)30-15-21-17-34-37(24-9-6-23(31)7-10-24)28(21)14-22(30)5-8-25(16-30)36(3)40(4,39)26-18-33-35(2)19-26/h6-7,9-14,17-19,25H,4-5,8,15-16H2,1-3H3/t25-,30-,40?/m0/s1. The van der Waals surface area contributed by atoms with Crippen LogP contribution in [0.5, 0.6) is 0 Å². The molecule has 0 N–H and O–H groups in total. The molecule has 1 fully saturated rings. The molecule has 40 heavy (non-hydrogen) atoms. The number of carbonyl (C=O) groups is 1. The lowest BCUT2D eigenvalue weighted by molar-refractivity contribution is 0.0749. The van der Waals surface area contributed by atoms with Crippen molar-refractivity contribution in [2.45, 2.75) is 43.5 Å². The third-order valence-electron chi connectivity index (χ3n) is 8.32. The van der Waals surface area contributed by atoms with Crippen LogP contribution in [-0.2, 0) is 23.2 Å². The smallest absolute Gasteiger partial charge is 0.191 e. The van der Waals surface area contributed by atoms with Gasteiger partial charge in [-0.2, -0.15) is 10.2 Å². The van der Waals surface area contributed by atoms with Gasteiger partial charge in [0.05, 0.1) is 43.8 Å². The van der Waals surface area contributed by atoms with Gasteiger partial charge in [0.2, 0.25) is 0 Å². The van der Waals surface area contributed by atoms with E-state index in [1.807, 2.05) is 30.4 Å². The number of halogens is 1. The molecule has 0 radical (unpaired) electrons. The van der Waals surface area contributed by atoms with Crippen molar-refractivity contribution in [3.8, 4) is 5.69 Å². The van der Waals surface area contributed by atoms with E-state index in [0.29, 0.717) is 36.3 Å². The van der Waals surface area contributed by atoms with E-state index in [-0.39, 0.29) is 17.6 Å². The number of hydrogen-bond donors (Lipinski definition) is 0. The van der Waals surface area contributed by atoms with Crippen LogP contribution in [0.4, 0.5) is 4.39 Å². The molecular formula is C30H31FN6O2S. The quantitative estimate of drug-likeness (QED) is 0.258. The highest BCUT2D eigenvalue weighted by molar-refractivity contribution is 7.98. The van der Waals surface area contributed by atoms with Crippen molar-refractivity contribution in [2.75, 3.05) is 7.05 Å². The van der Waals surface area contributed by atoms with Gasteiger partial charge in [0.1, 0.15) is 11.5 Å². The van der Waals surface area contributed by atoms with Gasteiger partial charge in [-0.3, -0.25) is 14.5 Å². The minimum Gasteiger partial charge on any atom is -0.291 e. The van der Waals surface area contributed by atoms with Gasteiger partial charge in [-0.05, 0) is 99.1 Å². The maximum absolute atomic E-state index is 14.4. The van der Waals surface area contributed by atoms with Gasteiger partial charge in [-0.15, -0.1) is 0 Å². The Kier molecular flexibility index (Phi) is 6.35. The average molecular weight is 559 g/mol. The fourth-order valence-corrected chi connectivity index (χ4v) is 7.58. The number of allylic oxidation sites excluding steroid dienone is 1. The Morgan fingerprint density at radius 2 is 1.98 bits per heavy atom. The number of hydrogen-bond acceptors (Lipinski definition) is 5. The summed E-state index contributed by atoms with van der Waals surface area (Å²) in [4.78, 5) is 19.5.